The van der Waals surface area contributed by atoms with Crippen LogP contribution in [0.2, 0.25) is 0 Å². The third kappa shape index (κ3) is 6.46. The van der Waals surface area contributed by atoms with Gasteiger partial charge in [-0.25, -0.2) is 0 Å². The Morgan fingerprint density at radius 1 is 1.46 bits per heavy atom. The van der Waals surface area contributed by atoms with Crippen LogP contribution in [0.1, 0.15) is 12.0 Å². The van der Waals surface area contributed by atoms with Crippen LogP contribution in [0.15, 0.2) is 18.2 Å². The van der Waals surface area contributed by atoms with Gasteiger partial charge in [0.15, 0.2) is 11.5 Å². The Kier molecular flexibility index (Phi) is 8.73. The molecule has 1 amide bonds. The monoisotopic (exact) mass is 366 g/mol. The lowest BCUT2D eigenvalue weighted by Gasteiger charge is -2.23. The average Bonchev–Trinajstić information content (AvgIpc) is 2.53. The van der Waals surface area contributed by atoms with E-state index in [9.17, 15) is 13.6 Å². The highest BCUT2D eigenvalue weighted by molar-refractivity contribution is 5.85. The lowest BCUT2D eigenvalue weighted by molar-refractivity contribution is -0.122. The summed E-state index contributed by atoms with van der Waals surface area (Å²) in [6.45, 7) is -0.842. The molecule has 6 nitrogen and oxygen atoms in total. The SMILES string of the molecule is COc1ccc(CNC(=O)CC2COCCN2)cc1OC(F)F.Cl. The van der Waals surface area contributed by atoms with Crippen molar-refractivity contribution in [3.05, 3.63) is 23.8 Å². The van der Waals surface area contributed by atoms with Gasteiger partial charge < -0.3 is 24.8 Å². The summed E-state index contributed by atoms with van der Waals surface area (Å²) in [6.07, 6.45) is 0.302. The predicted octanol–water partition coefficient (Wildman–Crippen LogP) is 1.71. The van der Waals surface area contributed by atoms with Crippen LogP contribution in [0.25, 0.3) is 0 Å². The molecule has 1 fully saturated rings. The summed E-state index contributed by atoms with van der Waals surface area (Å²) in [5.41, 5.74) is 0.641. The molecule has 1 aromatic carbocycles. The van der Waals surface area contributed by atoms with E-state index in [4.69, 9.17) is 9.47 Å². The number of rotatable bonds is 7. The maximum Gasteiger partial charge on any atom is 0.387 e. The number of nitrogens with one attached hydrogen (secondary N) is 2. The molecule has 1 aliphatic rings. The molecular weight excluding hydrogens is 346 g/mol. The lowest BCUT2D eigenvalue weighted by atomic mass is 10.1. The fourth-order valence-corrected chi connectivity index (χ4v) is 2.27. The Balaban J connectivity index is 0.00000288. The fourth-order valence-electron chi connectivity index (χ4n) is 2.27. The van der Waals surface area contributed by atoms with Crippen molar-refractivity contribution in [2.24, 2.45) is 0 Å². The molecule has 2 N–H and O–H groups in total. The van der Waals surface area contributed by atoms with Crippen molar-refractivity contribution in [1.29, 1.82) is 0 Å². The highest BCUT2D eigenvalue weighted by Crippen LogP contribution is 2.29. The maximum atomic E-state index is 12.4. The van der Waals surface area contributed by atoms with Crippen molar-refractivity contribution in [2.75, 3.05) is 26.9 Å². The van der Waals surface area contributed by atoms with E-state index in [1.165, 1.54) is 19.2 Å². The van der Waals surface area contributed by atoms with E-state index < -0.39 is 6.61 Å². The summed E-state index contributed by atoms with van der Waals surface area (Å²) >= 11 is 0. The Labute approximate surface area is 145 Å². The number of halogens is 3. The molecule has 0 bridgehead atoms. The highest BCUT2D eigenvalue weighted by Gasteiger charge is 2.17. The van der Waals surface area contributed by atoms with Crippen LogP contribution in [0.5, 0.6) is 11.5 Å². The van der Waals surface area contributed by atoms with Crippen LogP contribution >= 0.6 is 12.4 Å². The van der Waals surface area contributed by atoms with E-state index in [0.29, 0.717) is 25.2 Å². The number of hydrogen-bond donors (Lipinski definition) is 2. The summed E-state index contributed by atoms with van der Waals surface area (Å²) in [5.74, 6) is 0.0145. The zero-order valence-corrected chi connectivity index (χ0v) is 14.0. The van der Waals surface area contributed by atoms with Gasteiger partial charge in [-0.2, -0.15) is 8.78 Å². The van der Waals surface area contributed by atoms with Crippen molar-refractivity contribution < 1.29 is 27.8 Å². The third-order valence-corrected chi connectivity index (χ3v) is 3.36. The van der Waals surface area contributed by atoms with E-state index in [1.807, 2.05) is 0 Å². The molecule has 1 aromatic rings. The number of benzene rings is 1. The Morgan fingerprint density at radius 2 is 2.25 bits per heavy atom. The van der Waals surface area contributed by atoms with E-state index in [-0.39, 0.29) is 42.4 Å². The Morgan fingerprint density at radius 3 is 2.88 bits per heavy atom. The molecule has 0 radical (unpaired) electrons. The molecule has 0 spiro atoms. The van der Waals surface area contributed by atoms with Gasteiger partial charge in [0.25, 0.3) is 0 Å². The molecule has 136 valence electrons. The van der Waals surface area contributed by atoms with E-state index in [1.54, 1.807) is 6.07 Å². The topological polar surface area (TPSA) is 68.8 Å². The quantitative estimate of drug-likeness (QED) is 0.769. The molecule has 9 heteroatoms. The smallest absolute Gasteiger partial charge is 0.387 e. The van der Waals surface area contributed by atoms with E-state index in [2.05, 4.69) is 15.4 Å². The third-order valence-electron chi connectivity index (χ3n) is 3.36. The van der Waals surface area contributed by atoms with Crippen LogP contribution in [0, 0.1) is 0 Å². The Hall–Kier alpha value is -1.64. The normalized spacial score (nSPS) is 17.1. The number of alkyl halides is 2. The molecule has 0 aromatic heterocycles. The standard InChI is InChI=1S/C15H20F2N2O4.ClH/c1-21-12-3-2-10(6-13(12)23-15(16)17)8-19-14(20)7-11-9-22-5-4-18-11;/h2-3,6,11,15,18H,4-5,7-9H2,1H3,(H,19,20);1H. The molecule has 1 heterocycles. The molecule has 0 aliphatic carbocycles. The van der Waals surface area contributed by atoms with Crippen molar-refractivity contribution in [1.82, 2.24) is 10.6 Å². The van der Waals surface area contributed by atoms with Gasteiger partial charge in [-0.1, -0.05) is 6.07 Å². The van der Waals surface area contributed by atoms with Gasteiger partial charge in [-0.05, 0) is 17.7 Å². The molecule has 24 heavy (non-hydrogen) atoms. The number of hydrogen-bond acceptors (Lipinski definition) is 5. The first-order chi connectivity index (χ1) is 11.1. The van der Waals surface area contributed by atoms with Gasteiger partial charge in [0.1, 0.15) is 0 Å². The molecule has 0 saturated carbocycles. The van der Waals surface area contributed by atoms with Gasteiger partial charge in [-0.15, -0.1) is 12.4 Å². The van der Waals surface area contributed by atoms with Gasteiger partial charge in [0, 0.05) is 25.6 Å². The van der Waals surface area contributed by atoms with Gasteiger partial charge in [0.2, 0.25) is 5.91 Å². The van der Waals surface area contributed by atoms with Crippen molar-refractivity contribution in [3.8, 4) is 11.5 Å². The number of amides is 1. The molecular formula is C15H21ClF2N2O4. The summed E-state index contributed by atoms with van der Waals surface area (Å²) in [7, 11) is 1.37. The van der Waals surface area contributed by atoms with Crippen LogP contribution < -0.4 is 20.1 Å². The minimum Gasteiger partial charge on any atom is -0.493 e. The first-order valence-corrected chi connectivity index (χ1v) is 7.28. The second-order valence-corrected chi connectivity index (χ2v) is 5.07. The van der Waals surface area contributed by atoms with Gasteiger partial charge >= 0.3 is 6.61 Å². The van der Waals surface area contributed by atoms with Gasteiger partial charge in [0.05, 0.1) is 20.3 Å². The van der Waals surface area contributed by atoms with E-state index in [0.717, 1.165) is 6.54 Å². The first-order valence-electron chi connectivity index (χ1n) is 7.28. The Bertz CT molecular complexity index is 528. The summed E-state index contributed by atoms with van der Waals surface area (Å²) < 4.78 is 39.4. The van der Waals surface area contributed by atoms with E-state index >= 15 is 0 Å². The number of carbonyl (C=O) groups is 1. The summed E-state index contributed by atoms with van der Waals surface area (Å²) in [5, 5.41) is 5.93. The van der Waals surface area contributed by atoms with Crippen molar-refractivity contribution >= 4 is 18.3 Å². The summed E-state index contributed by atoms with van der Waals surface area (Å²) in [4.78, 5) is 11.9. The van der Waals surface area contributed by atoms with Crippen LogP contribution in [0.3, 0.4) is 0 Å². The molecule has 1 aliphatic heterocycles. The second kappa shape index (κ2) is 10.3. The number of ether oxygens (including phenoxy) is 3. The maximum absolute atomic E-state index is 12.4. The number of morpholine rings is 1. The first kappa shape index (κ1) is 20.4. The van der Waals surface area contributed by atoms with Crippen molar-refractivity contribution in [2.45, 2.75) is 25.6 Å². The van der Waals surface area contributed by atoms with Gasteiger partial charge in [-0.3, -0.25) is 4.79 Å². The minimum absolute atomic E-state index is 0. The van der Waals surface area contributed by atoms with Crippen molar-refractivity contribution in [3.63, 3.8) is 0 Å². The zero-order valence-electron chi connectivity index (χ0n) is 13.2. The number of carbonyl (C=O) groups excluding carboxylic acids is 1. The highest BCUT2D eigenvalue weighted by atomic mass is 35.5. The molecule has 2 rings (SSSR count). The zero-order chi connectivity index (χ0) is 16.7. The minimum atomic E-state index is -2.94. The number of methoxy groups -OCH3 is 1. The van der Waals surface area contributed by atoms with Crippen LogP contribution in [-0.2, 0) is 16.1 Å². The molecule has 1 saturated heterocycles. The lowest BCUT2D eigenvalue weighted by Crippen LogP contribution is -2.44. The molecule has 1 unspecified atom stereocenters. The fraction of sp³-hybridized carbons (Fsp3) is 0.533. The molecule has 1 atom stereocenters. The predicted molar refractivity (Wildman–Crippen MR) is 85.9 cm³/mol. The average molecular weight is 367 g/mol. The van der Waals surface area contributed by atoms with Crippen LogP contribution in [0.4, 0.5) is 8.78 Å². The van der Waals surface area contributed by atoms with Crippen LogP contribution in [-0.4, -0.2) is 45.4 Å². The summed E-state index contributed by atoms with van der Waals surface area (Å²) in [6, 6.07) is 4.62. The second-order valence-electron chi connectivity index (χ2n) is 5.07. The largest absolute Gasteiger partial charge is 0.493 e.